The lowest BCUT2D eigenvalue weighted by atomic mass is 9.92. The van der Waals surface area contributed by atoms with Crippen molar-refractivity contribution in [3.63, 3.8) is 0 Å². The molecule has 0 radical (unpaired) electrons. The highest BCUT2D eigenvalue weighted by atomic mass is 32.1. The predicted molar refractivity (Wildman–Crippen MR) is 119 cm³/mol. The number of nitrogens with zero attached hydrogens (tertiary/aromatic N) is 2. The highest BCUT2D eigenvalue weighted by Crippen LogP contribution is 2.32. The van der Waals surface area contributed by atoms with Gasteiger partial charge in [-0.2, -0.15) is 5.26 Å². The first kappa shape index (κ1) is 22.2. The van der Waals surface area contributed by atoms with Crippen molar-refractivity contribution in [2.24, 2.45) is 5.73 Å². The Morgan fingerprint density at radius 2 is 1.88 bits per heavy atom. The van der Waals surface area contributed by atoms with Gasteiger partial charge in [0, 0.05) is 11.1 Å². The van der Waals surface area contributed by atoms with E-state index in [1.54, 1.807) is 19.1 Å². The summed E-state index contributed by atoms with van der Waals surface area (Å²) in [6.07, 6.45) is 1.34. The number of carbonyl (C=O) groups is 1. The molecule has 4 rings (SSSR count). The van der Waals surface area contributed by atoms with E-state index < -0.39 is 29.2 Å². The third-order valence-corrected chi connectivity index (χ3v) is 6.26. The summed E-state index contributed by atoms with van der Waals surface area (Å²) in [6, 6.07) is 12.3. The molecule has 1 atom stereocenters. The van der Waals surface area contributed by atoms with Gasteiger partial charge in [0.15, 0.2) is 0 Å². The lowest BCUT2D eigenvalue weighted by Crippen LogP contribution is -2.42. The first-order valence-corrected chi connectivity index (χ1v) is 10.7. The molecule has 0 bridgehead atoms. The molecule has 0 unspecified atom stereocenters. The molecule has 1 aliphatic heterocycles. The van der Waals surface area contributed by atoms with Gasteiger partial charge in [-0.05, 0) is 25.1 Å². The Hall–Kier alpha value is -4.03. The van der Waals surface area contributed by atoms with Crippen molar-refractivity contribution in [3.8, 4) is 6.07 Å². The van der Waals surface area contributed by atoms with Crippen molar-refractivity contribution >= 4 is 29.0 Å². The van der Waals surface area contributed by atoms with Crippen LogP contribution < -0.4 is 20.5 Å². The Labute approximate surface area is 190 Å². The SMILES string of the molecule is CCOC(=O)C1=c2s/c(=C/c3ccccc3F)c(=O)n2[C@@H](c2ccccc2F)C(C#N)=C1N. The van der Waals surface area contributed by atoms with Crippen LogP contribution in [0.3, 0.4) is 0 Å². The average Bonchev–Trinajstić information content (AvgIpc) is 3.10. The summed E-state index contributed by atoms with van der Waals surface area (Å²) in [5, 5.41) is 9.86. The number of nitriles is 1. The maximum absolute atomic E-state index is 14.8. The topological polar surface area (TPSA) is 98.1 Å². The molecular formula is C24H17F2N3O3S. The van der Waals surface area contributed by atoms with Crippen LogP contribution in [0.15, 0.2) is 64.6 Å². The molecule has 0 saturated carbocycles. The number of rotatable bonds is 4. The molecule has 2 N–H and O–H groups in total. The number of hydrogen-bond donors (Lipinski definition) is 1. The molecule has 6 nitrogen and oxygen atoms in total. The Balaban J connectivity index is 2.14. The second kappa shape index (κ2) is 8.84. The maximum Gasteiger partial charge on any atom is 0.343 e. The molecule has 1 aromatic heterocycles. The van der Waals surface area contributed by atoms with Crippen LogP contribution in [0.2, 0.25) is 0 Å². The van der Waals surface area contributed by atoms with Gasteiger partial charge in [-0.3, -0.25) is 9.36 Å². The lowest BCUT2D eigenvalue weighted by Gasteiger charge is -2.25. The van der Waals surface area contributed by atoms with E-state index in [4.69, 9.17) is 10.5 Å². The van der Waals surface area contributed by atoms with Crippen molar-refractivity contribution in [3.05, 3.63) is 102 Å². The maximum atomic E-state index is 14.8. The van der Waals surface area contributed by atoms with Crippen LogP contribution in [-0.4, -0.2) is 17.1 Å². The summed E-state index contributed by atoms with van der Waals surface area (Å²) in [6.45, 7) is 1.64. The van der Waals surface area contributed by atoms with Gasteiger partial charge in [0.2, 0.25) is 0 Å². The first-order valence-electron chi connectivity index (χ1n) is 9.92. The lowest BCUT2D eigenvalue weighted by molar-refractivity contribution is -0.136. The van der Waals surface area contributed by atoms with Crippen LogP contribution >= 0.6 is 11.3 Å². The van der Waals surface area contributed by atoms with Crippen molar-refractivity contribution in [1.29, 1.82) is 5.26 Å². The zero-order valence-corrected chi connectivity index (χ0v) is 18.2. The monoisotopic (exact) mass is 465 g/mol. The predicted octanol–water partition coefficient (Wildman–Crippen LogP) is 2.07. The van der Waals surface area contributed by atoms with E-state index in [2.05, 4.69) is 0 Å². The fourth-order valence-electron chi connectivity index (χ4n) is 3.68. The Morgan fingerprint density at radius 3 is 2.52 bits per heavy atom. The van der Waals surface area contributed by atoms with Gasteiger partial charge < -0.3 is 10.5 Å². The third-order valence-electron chi connectivity index (χ3n) is 5.15. The van der Waals surface area contributed by atoms with Gasteiger partial charge in [0.25, 0.3) is 5.56 Å². The summed E-state index contributed by atoms with van der Waals surface area (Å²) in [5.74, 6) is -2.00. The van der Waals surface area contributed by atoms with Crippen molar-refractivity contribution in [2.45, 2.75) is 13.0 Å². The number of thiazole rings is 1. The Bertz CT molecular complexity index is 1530. The van der Waals surface area contributed by atoms with Gasteiger partial charge in [0.05, 0.1) is 28.5 Å². The number of halogens is 2. The number of hydrogen-bond acceptors (Lipinski definition) is 6. The average molecular weight is 465 g/mol. The number of aromatic nitrogens is 1. The Kier molecular flexibility index (Phi) is 5.94. The summed E-state index contributed by atoms with van der Waals surface area (Å²) in [5.41, 5.74) is 5.29. The molecule has 166 valence electrons. The molecule has 0 fully saturated rings. The number of benzene rings is 2. The number of esters is 1. The minimum atomic E-state index is -1.20. The second-order valence-electron chi connectivity index (χ2n) is 7.07. The fourth-order valence-corrected chi connectivity index (χ4v) is 4.84. The zero-order chi connectivity index (χ0) is 23.7. The minimum Gasteiger partial charge on any atom is -0.462 e. The molecule has 0 aliphatic carbocycles. The number of ether oxygens (including phenoxy) is 1. The summed E-state index contributed by atoms with van der Waals surface area (Å²) >= 11 is 0.893. The molecular weight excluding hydrogens is 448 g/mol. The number of carbonyl (C=O) groups excluding carboxylic acids is 1. The zero-order valence-electron chi connectivity index (χ0n) is 17.3. The highest BCUT2D eigenvalue weighted by Gasteiger charge is 2.35. The van der Waals surface area contributed by atoms with Crippen LogP contribution in [-0.2, 0) is 9.53 Å². The molecule has 0 spiro atoms. The molecule has 0 amide bonds. The van der Waals surface area contributed by atoms with Gasteiger partial charge >= 0.3 is 5.97 Å². The van der Waals surface area contributed by atoms with Gasteiger partial charge in [-0.15, -0.1) is 11.3 Å². The minimum absolute atomic E-state index is 0.0397. The molecule has 9 heteroatoms. The van der Waals surface area contributed by atoms with Crippen LogP contribution in [0.25, 0.3) is 11.6 Å². The molecule has 3 aromatic rings. The molecule has 1 aliphatic rings. The van der Waals surface area contributed by atoms with E-state index in [1.807, 2.05) is 6.07 Å². The summed E-state index contributed by atoms with van der Waals surface area (Å²) in [7, 11) is 0. The van der Waals surface area contributed by atoms with Crippen LogP contribution in [0.4, 0.5) is 8.78 Å². The van der Waals surface area contributed by atoms with Crippen molar-refractivity contribution in [2.75, 3.05) is 6.61 Å². The van der Waals surface area contributed by atoms with Crippen LogP contribution in [0.5, 0.6) is 0 Å². The van der Waals surface area contributed by atoms with Gasteiger partial charge in [0.1, 0.15) is 27.9 Å². The summed E-state index contributed by atoms with van der Waals surface area (Å²) in [4.78, 5) is 26.2. The second-order valence-corrected chi connectivity index (χ2v) is 8.10. The van der Waals surface area contributed by atoms with Crippen LogP contribution in [0, 0.1) is 23.0 Å². The molecule has 33 heavy (non-hydrogen) atoms. The normalized spacial score (nSPS) is 15.9. The number of fused-ring (bicyclic) bond motifs is 1. The molecule has 2 aromatic carbocycles. The van der Waals surface area contributed by atoms with E-state index in [0.717, 1.165) is 15.9 Å². The molecule has 0 saturated heterocycles. The number of nitrogens with two attached hydrogens (primary N) is 1. The van der Waals surface area contributed by atoms with Crippen LogP contribution in [0.1, 0.15) is 24.1 Å². The van der Waals surface area contributed by atoms with E-state index in [-0.39, 0.29) is 43.8 Å². The smallest absolute Gasteiger partial charge is 0.343 e. The van der Waals surface area contributed by atoms with E-state index >= 15 is 0 Å². The quantitative estimate of drug-likeness (QED) is 0.595. The van der Waals surface area contributed by atoms with Gasteiger partial charge in [-0.1, -0.05) is 36.4 Å². The standard InChI is InChI=1S/C24H17F2N3O3S/c1-2-32-24(31)19-20(28)15(12-27)21(14-8-4-6-10-17(14)26)29-22(30)18(33-23(19)29)11-13-7-3-5-9-16(13)25/h3-11,21H,2,28H2,1H3/b18-11+/t21-/m0/s1. The van der Waals surface area contributed by atoms with E-state index in [9.17, 15) is 23.6 Å². The van der Waals surface area contributed by atoms with Crippen molar-refractivity contribution < 1.29 is 18.3 Å². The summed E-state index contributed by atoms with van der Waals surface area (Å²) < 4.78 is 35.5. The third kappa shape index (κ3) is 3.75. The first-order chi connectivity index (χ1) is 15.9. The highest BCUT2D eigenvalue weighted by molar-refractivity contribution is 7.07. The largest absolute Gasteiger partial charge is 0.462 e. The fraction of sp³-hybridized carbons (Fsp3) is 0.125. The number of allylic oxidation sites excluding steroid dienone is 1. The van der Waals surface area contributed by atoms with Gasteiger partial charge in [-0.25, -0.2) is 13.6 Å². The molecule has 2 heterocycles. The van der Waals surface area contributed by atoms with E-state index in [0.29, 0.717) is 0 Å². The Morgan fingerprint density at radius 1 is 1.21 bits per heavy atom. The van der Waals surface area contributed by atoms with Crippen molar-refractivity contribution in [1.82, 2.24) is 4.57 Å². The van der Waals surface area contributed by atoms with E-state index in [1.165, 1.54) is 42.5 Å².